The summed E-state index contributed by atoms with van der Waals surface area (Å²) in [6.07, 6.45) is 4.09. The Kier molecular flexibility index (Phi) is 4.28. The molecule has 0 saturated heterocycles. The topological polar surface area (TPSA) is 38.0 Å². The molecule has 0 amide bonds. The lowest BCUT2D eigenvalue weighted by Gasteiger charge is -2.35. The first-order valence-corrected chi connectivity index (χ1v) is 7.25. The van der Waals surface area contributed by atoms with Crippen LogP contribution in [0.1, 0.15) is 45.1 Å². The summed E-state index contributed by atoms with van der Waals surface area (Å²) in [7, 11) is 0. The molecule has 1 aromatic carbocycles. The van der Waals surface area contributed by atoms with Crippen molar-refractivity contribution in [2.45, 2.75) is 45.6 Å². The van der Waals surface area contributed by atoms with E-state index in [1.54, 1.807) is 0 Å². The zero-order valence-electron chi connectivity index (χ0n) is 11.8. The minimum Gasteiger partial charge on any atom is -0.389 e. The first-order chi connectivity index (χ1) is 9.30. The molecule has 0 unspecified atom stereocenters. The maximum Gasteiger partial charge on any atom is 0.182 e. The molecule has 20 heavy (non-hydrogen) atoms. The van der Waals surface area contributed by atoms with Crippen molar-refractivity contribution in [2.24, 2.45) is 11.1 Å². The summed E-state index contributed by atoms with van der Waals surface area (Å²) in [5.74, 6) is -1.88. The number of hydrogen-bond acceptors (Lipinski definition) is 2. The number of nitrogens with one attached hydrogen (secondary N) is 1. The number of hydrogen-bond donors (Lipinski definition) is 2. The van der Waals surface area contributed by atoms with Crippen LogP contribution in [0, 0.1) is 17.0 Å². The van der Waals surface area contributed by atoms with Crippen LogP contribution in [0.3, 0.4) is 0 Å². The molecule has 1 aliphatic rings. The van der Waals surface area contributed by atoms with Crippen molar-refractivity contribution in [2.75, 3.05) is 5.32 Å². The maximum absolute atomic E-state index is 14.0. The van der Waals surface area contributed by atoms with Gasteiger partial charge in [-0.2, -0.15) is 0 Å². The number of rotatable bonds is 3. The lowest BCUT2D eigenvalue weighted by molar-refractivity contribution is 0.232. The highest BCUT2D eigenvalue weighted by atomic mass is 32.1. The number of benzene rings is 1. The second-order valence-electron chi connectivity index (χ2n) is 6.24. The van der Waals surface area contributed by atoms with Crippen LogP contribution in [-0.4, -0.2) is 11.0 Å². The molecule has 0 atom stereocenters. The van der Waals surface area contributed by atoms with E-state index >= 15 is 0 Å². The highest BCUT2D eigenvalue weighted by Gasteiger charge is 2.27. The lowest BCUT2D eigenvalue weighted by Crippen LogP contribution is -2.30. The summed E-state index contributed by atoms with van der Waals surface area (Å²) in [5, 5.41) is 3.09. The number of halogens is 2. The molecule has 0 spiro atoms. The summed E-state index contributed by atoms with van der Waals surface area (Å²) in [6, 6.07) is 3.12. The minimum absolute atomic E-state index is 0.0483. The average Bonchev–Trinajstić information content (AvgIpc) is 2.37. The molecule has 1 saturated carbocycles. The van der Waals surface area contributed by atoms with Gasteiger partial charge >= 0.3 is 0 Å². The van der Waals surface area contributed by atoms with Crippen molar-refractivity contribution in [3.05, 3.63) is 29.3 Å². The van der Waals surface area contributed by atoms with Gasteiger partial charge in [0.25, 0.3) is 0 Å². The van der Waals surface area contributed by atoms with Crippen LogP contribution >= 0.6 is 12.2 Å². The van der Waals surface area contributed by atoms with E-state index in [0.717, 1.165) is 25.7 Å². The highest BCUT2D eigenvalue weighted by Crippen LogP contribution is 2.36. The van der Waals surface area contributed by atoms with Gasteiger partial charge in [0, 0.05) is 11.6 Å². The monoisotopic (exact) mass is 298 g/mol. The molecule has 3 N–H and O–H groups in total. The van der Waals surface area contributed by atoms with E-state index in [9.17, 15) is 8.78 Å². The second-order valence-corrected chi connectivity index (χ2v) is 6.68. The second kappa shape index (κ2) is 5.64. The molecule has 0 radical (unpaired) electrons. The Morgan fingerprint density at radius 1 is 1.25 bits per heavy atom. The average molecular weight is 298 g/mol. The first-order valence-electron chi connectivity index (χ1n) is 6.84. The van der Waals surface area contributed by atoms with Gasteiger partial charge in [-0.1, -0.05) is 26.1 Å². The Hall–Kier alpha value is -1.23. The van der Waals surface area contributed by atoms with Gasteiger partial charge in [-0.05, 0) is 43.2 Å². The summed E-state index contributed by atoms with van der Waals surface area (Å²) in [4.78, 5) is -0.132. The van der Waals surface area contributed by atoms with Crippen LogP contribution in [0.25, 0.3) is 0 Å². The van der Waals surface area contributed by atoms with Crippen molar-refractivity contribution < 1.29 is 8.78 Å². The van der Waals surface area contributed by atoms with Gasteiger partial charge < -0.3 is 11.1 Å². The van der Waals surface area contributed by atoms with Gasteiger partial charge in [-0.3, -0.25) is 0 Å². The maximum atomic E-state index is 14.0. The first kappa shape index (κ1) is 15.2. The zero-order valence-corrected chi connectivity index (χ0v) is 12.6. The molecule has 2 nitrogen and oxygen atoms in total. The summed E-state index contributed by atoms with van der Waals surface area (Å²) in [5.41, 5.74) is 5.84. The molecule has 2 rings (SSSR count). The SMILES string of the molecule is CC1(C)CCC(Nc2ccc(C(N)=S)c(F)c2F)CC1. The predicted octanol–water partition coefficient (Wildman–Crippen LogP) is 3.98. The summed E-state index contributed by atoms with van der Waals surface area (Å²) in [6.45, 7) is 4.47. The molecule has 1 aromatic rings. The molecular formula is C15H20F2N2S. The molecule has 0 aliphatic heterocycles. The third kappa shape index (κ3) is 3.26. The Morgan fingerprint density at radius 2 is 1.85 bits per heavy atom. The van der Waals surface area contributed by atoms with Crippen molar-refractivity contribution >= 4 is 22.9 Å². The van der Waals surface area contributed by atoms with Gasteiger partial charge in [0.2, 0.25) is 0 Å². The van der Waals surface area contributed by atoms with E-state index in [1.807, 2.05) is 0 Å². The van der Waals surface area contributed by atoms with Crippen molar-refractivity contribution in [3.8, 4) is 0 Å². The van der Waals surface area contributed by atoms with Crippen LogP contribution in [-0.2, 0) is 0 Å². The quantitative estimate of drug-likeness (QED) is 0.829. The molecule has 0 bridgehead atoms. The van der Waals surface area contributed by atoms with Gasteiger partial charge in [0.15, 0.2) is 11.6 Å². The largest absolute Gasteiger partial charge is 0.389 e. The number of nitrogens with two attached hydrogens (primary N) is 1. The van der Waals surface area contributed by atoms with Crippen molar-refractivity contribution in [3.63, 3.8) is 0 Å². The standard InChI is InChI=1S/C15H20F2N2S/c1-15(2)7-5-9(6-8-15)19-11-4-3-10(14(18)20)12(16)13(11)17/h3-4,9,19H,5-8H2,1-2H3,(H2,18,20). The van der Waals surface area contributed by atoms with Crippen LogP contribution in [0.2, 0.25) is 0 Å². The Bertz CT molecular complexity index is 519. The number of thiocarbonyl (C=S) groups is 1. The van der Waals surface area contributed by atoms with E-state index in [-0.39, 0.29) is 22.3 Å². The van der Waals surface area contributed by atoms with Crippen LogP contribution in [0.15, 0.2) is 12.1 Å². The molecule has 110 valence electrons. The lowest BCUT2D eigenvalue weighted by atomic mass is 9.75. The fourth-order valence-electron chi connectivity index (χ4n) is 2.61. The van der Waals surface area contributed by atoms with Gasteiger partial charge in [0.1, 0.15) is 4.99 Å². The van der Waals surface area contributed by atoms with Crippen LogP contribution in [0.5, 0.6) is 0 Å². The molecular weight excluding hydrogens is 278 g/mol. The van der Waals surface area contributed by atoms with Gasteiger partial charge in [-0.15, -0.1) is 0 Å². The molecule has 1 aliphatic carbocycles. The Balaban J connectivity index is 2.11. The molecule has 0 heterocycles. The zero-order chi connectivity index (χ0) is 14.9. The molecule has 1 fully saturated rings. The Morgan fingerprint density at radius 3 is 2.40 bits per heavy atom. The van der Waals surface area contributed by atoms with E-state index in [2.05, 4.69) is 31.4 Å². The van der Waals surface area contributed by atoms with E-state index in [0.29, 0.717) is 5.41 Å². The van der Waals surface area contributed by atoms with Gasteiger partial charge in [0.05, 0.1) is 5.69 Å². The Labute approximate surface area is 123 Å². The van der Waals surface area contributed by atoms with Crippen LogP contribution < -0.4 is 11.1 Å². The van der Waals surface area contributed by atoms with E-state index < -0.39 is 11.6 Å². The third-order valence-electron chi connectivity index (χ3n) is 4.05. The smallest absolute Gasteiger partial charge is 0.182 e. The fraction of sp³-hybridized carbons (Fsp3) is 0.533. The fourth-order valence-corrected chi connectivity index (χ4v) is 2.77. The highest BCUT2D eigenvalue weighted by molar-refractivity contribution is 7.80. The van der Waals surface area contributed by atoms with Crippen molar-refractivity contribution in [1.82, 2.24) is 0 Å². The molecule has 0 aromatic heterocycles. The third-order valence-corrected chi connectivity index (χ3v) is 4.27. The predicted molar refractivity (Wildman–Crippen MR) is 81.9 cm³/mol. The number of anilines is 1. The summed E-state index contributed by atoms with van der Waals surface area (Å²) >= 11 is 4.69. The minimum atomic E-state index is -0.973. The van der Waals surface area contributed by atoms with Crippen molar-refractivity contribution in [1.29, 1.82) is 0 Å². The normalized spacial score (nSPS) is 18.8. The van der Waals surface area contributed by atoms with Crippen LogP contribution in [0.4, 0.5) is 14.5 Å². The van der Waals surface area contributed by atoms with E-state index in [1.165, 1.54) is 12.1 Å². The molecule has 5 heteroatoms. The van der Waals surface area contributed by atoms with E-state index in [4.69, 9.17) is 5.73 Å². The van der Waals surface area contributed by atoms with Gasteiger partial charge in [-0.25, -0.2) is 8.78 Å². The summed E-state index contributed by atoms with van der Waals surface area (Å²) < 4.78 is 27.8.